The molecule has 6 rings (SSSR count). The van der Waals surface area contributed by atoms with Gasteiger partial charge in [0.1, 0.15) is 0 Å². The first kappa shape index (κ1) is 17.6. The number of thiophene rings is 2. The summed E-state index contributed by atoms with van der Waals surface area (Å²) in [6.07, 6.45) is 3.87. The summed E-state index contributed by atoms with van der Waals surface area (Å²) in [6, 6.07) is 18.9. The van der Waals surface area contributed by atoms with Gasteiger partial charge in [-0.15, -0.1) is 22.7 Å². The normalized spacial score (nSPS) is 27.1. The predicted molar refractivity (Wildman–Crippen MR) is 116 cm³/mol. The molecule has 3 aliphatic heterocycles. The van der Waals surface area contributed by atoms with Crippen molar-refractivity contribution in [2.24, 2.45) is 5.92 Å². The summed E-state index contributed by atoms with van der Waals surface area (Å²) in [5.74, 6) is 0.826. The lowest BCUT2D eigenvalue weighted by Crippen LogP contribution is -2.63. The number of hydrogen-bond donors (Lipinski definition) is 1. The van der Waals surface area contributed by atoms with Gasteiger partial charge in [0.2, 0.25) is 0 Å². The van der Waals surface area contributed by atoms with Crippen molar-refractivity contribution in [3.63, 3.8) is 0 Å². The van der Waals surface area contributed by atoms with Crippen LogP contribution in [0.1, 0.15) is 24.0 Å². The molecule has 2 atom stereocenters. The molecular weight excluding hydrogens is 368 g/mol. The average molecular weight is 395 g/mol. The van der Waals surface area contributed by atoms with E-state index >= 15 is 0 Å². The van der Waals surface area contributed by atoms with Crippen molar-refractivity contribution >= 4 is 22.7 Å². The van der Waals surface area contributed by atoms with Crippen LogP contribution in [0.3, 0.4) is 0 Å². The van der Waals surface area contributed by atoms with Crippen molar-refractivity contribution in [1.29, 1.82) is 0 Å². The molecule has 4 heteroatoms. The van der Waals surface area contributed by atoms with Gasteiger partial charge < -0.3 is 5.32 Å². The Hall–Kier alpha value is -1.46. The fourth-order valence-corrected chi connectivity index (χ4v) is 6.73. The third-order valence-electron chi connectivity index (χ3n) is 6.27. The lowest BCUT2D eigenvalue weighted by Gasteiger charge is -2.51. The van der Waals surface area contributed by atoms with E-state index in [9.17, 15) is 0 Å². The van der Waals surface area contributed by atoms with E-state index in [2.05, 4.69) is 69.5 Å². The second-order valence-electron chi connectivity index (χ2n) is 7.79. The van der Waals surface area contributed by atoms with Crippen molar-refractivity contribution in [3.8, 4) is 9.75 Å². The van der Waals surface area contributed by atoms with Gasteiger partial charge in [0.05, 0.1) is 0 Å². The van der Waals surface area contributed by atoms with Gasteiger partial charge in [0, 0.05) is 28.4 Å². The van der Waals surface area contributed by atoms with Crippen LogP contribution >= 0.6 is 22.7 Å². The summed E-state index contributed by atoms with van der Waals surface area (Å²) < 4.78 is 0. The van der Waals surface area contributed by atoms with Gasteiger partial charge in [0.25, 0.3) is 0 Å². The molecule has 0 spiro atoms. The fourth-order valence-electron chi connectivity index (χ4n) is 4.89. The van der Waals surface area contributed by atoms with Gasteiger partial charge in [-0.25, -0.2) is 0 Å². The molecule has 1 N–H and O–H groups in total. The highest BCUT2D eigenvalue weighted by Crippen LogP contribution is 2.38. The molecule has 0 aliphatic carbocycles. The molecule has 2 bridgehead atoms. The topological polar surface area (TPSA) is 15.3 Å². The lowest BCUT2D eigenvalue weighted by atomic mass is 9.76. The zero-order valence-electron chi connectivity index (χ0n) is 15.5. The molecule has 0 radical (unpaired) electrons. The first-order valence-corrected chi connectivity index (χ1v) is 11.8. The number of piperidine rings is 3. The Morgan fingerprint density at radius 1 is 0.926 bits per heavy atom. The van der Waals surface area contributed by atoms with Gasteiger partial charge in [-0.05, 0) is 72.3 Å². The van der Waals surface area contributed by atoms with E-state index in [0.29, 0.717) is 12.1 Å². The van der Waals surface area contributed by atoms with Crippen LogP contribution in [0.4, 0.5) is 0 Å². The summed E-state index contributed by atoms with van der Waals surface area (Å²) >= 11 is 3.76. The lowest BCUT2D eigenvalue weighted by molar-refractivity contribution is 0.0128. The predicted octanol–water partition coefficient (Wildman–Crippen LogP) is 5.27. The van der Waals surface area contributed by atoms with E-state index < -0.39 is 0 Å². The zero-order chi connectivity index (χ0) is 18.1. The standard InChI is InChI=1S/C23H26N2S2/c1-2-5-17(6-3-1)16-24-22-18-8-11-25(12-9-18)20(22)15-19-10-14-27-23(19)21-7-4-13-26-21/h1-7,10,13-14,18,20,22,24H,8-9,11-12,15-16H2. The van der Waals surface area contributed by atoms with Crippen LogP contribution in [0, 0.1) is 5.92 Å². The summed E-state index contributed by atoms with van der Waals surface area (Å²) in [5, 5.41) is 8.41. The highest BCUT2D eigenvalue weighted by Gasteiger charge is 2.42. The van der Waals surface area contributed by atoms with E-state index in [4.69, 9.17) is 0 Å². The van der Waals surface area contributed by atoms with Crippen LogP contribution in [-0.2, 0) is 13.0 Å². The Kier molecular flexibility index (Phi) is 5.14. The molecule has 1 aromatic carbocycles. The average Bonchev–Trinajstić information content (AvgIpc) is 3.40. The summed E-state index contributed by atoms with van der Waals surface area (Å²) in [7, 11) is 0. The Labute approximate surface area is 169 Å². The molecule has 3 saturated heterocycles. The molecule has 3 aromatic rings. The maximum absolute atomic E-state index is 3.95. The molecule has 2 unspecified atom stereocenters. The van der Waals surface area contributed by atoms with E-state index in [1.807, 2.05) is 22.7 Å². The van der Waals surface area contributed by atoms with Crippen LogP contribution in [0.25, 0.3) is 9.75 Å². The Morgan fingerprint density at radius 2 is 1.78 bits per heavy atom. The highest BCUT2D eigenvalue weighted by atomic mass is 32.1. The van der Waals surface area contributed by atoms with E-state index in [1.54, 1.807) is 0 Å². The molecule has 2 nitrogen and oxygen atoms in total. The first-order chi connectivity index (χ1) is 13.4. The number of benzene rings is 1. The maximum Gasteiger partial charge on any atom is 0.0475 e. The molecule has 3 fully saturated rings. The number of nitrogens with zero attached hydrogens (tertiary/aromatic N) is 1. The highest BCUT2D eigenvalue weighted by molar-refractivity contribution is 7.20. The minimum absolute atomic E-state index is 0.601. The number of nitrogens with one attached hydrogen (secondary N) is 1. The molecule has 2 aromatic heterocycles. The van der Waals surface area contributed by atoms with E-state index in [-0.39, 0.29) is 0 Å². The largest absolute Gasteiger partial charge is 0.308 e. The van der Waals surface area contributed by atoms with Crippen molar-refractivity contribution in [2.75, 3.05) is 13.1 Å². The SMILES string of the molecule is c1ccc(CNC2C3CCN(CC3)C2Cc2ccsc2-c2cccs2)cc1. The van der Waals surface area contributed by atoms with Crippen LogP contribution in [0.15, 0.2) is 59.3 Å². The molecule has 5 heterocycles. The minimum Gasteiger partial charge on any atom is -0.308 e. The Morgan fingerprint density at radius 3 is 2.56 bits per heavy atom. The monoisotopic (exact) mass is 394 g/mol. The van der Waals surface area contributed by atoms with Crippen LogP contribution < -0.4 is 5.32 Å². The quantitative estimate of drug-likeness (QED) is 0.612. The smallest absolute Gasteiger partial charge is 0.0475 e. The minimum atomic E-state index is 0.601. The van der Waals surface area contributed by atoms with Gasteiger partial charge in [0.15, 0.2) is 0 Å². The summed E-state index contributed by atoms with van der Waals surface area (Å²) in [4.78, 5) is 5.65. The molecule has 3 aliphatic rings. The van der Waals surface area contributed by atoms with Crippen LogP contribution in [-0.4, -0.2) is 30.1 Å². The third kappa shape index (κ3) is 3.64. The zero-order valence-corrected chi connectivity index (χ0v) is 17.1. The summed E-state index contributed by atoms with van der Waals surface area (Å²) in [5.41, 5.74) is 2.93. The molecule has 140 valence electrons. The maximum atomic E-state index is 3.95. The molecular formula is C23H26N2S2. The molecule has 0 amide bonds. The van der Waals surface area contributed by atoms with Gasteiger partial charge in [-0.3, -0.25) is 4.90 Å². The van der Waals surface area contributed by atoms with E-state index in [0.717, 1.165) is 12.5 Å². The van der Waals surface area contributed by atoms with E-state index in [1.165, 1.54) is 53.2 Å². The van der Waals surface area contributed by atoms with Crippen LogP contribution in [0.5, 0.6) is 0 Å². The second kappa shape index (κ2) is 7.88. The molecule has 0 saturated carbocycles. The van der Waals surface area contributed by atoms with Gasteiger partial charge in [-0.2, -0.15) is 0 Å². The summed E-state index contributed by atoms with van der Waals surface area (Å²) in [6.45, 7) is 3.53. The molecule has 27 heavy (non-hydrogen) atoms. The van der Waals surface area contributed by atoms with Gasteiger partial charge in [-0.1, -0.05) is 36.4 Å². The first-order valence-electron chi connectivity index (χ1n) is 10.00. The van der Waals surface area contributed by atoms with Crippen molar-refractivity contribution in [1.82, 2.24) is 10.2 Å². The second-order valence-corrected chi connectivity index (χ2v) is 9.65. The Balaban J connectivity index is 1.36. The third-order valence-corrected chi connectivity index (χ3v) is 8.28. The van der Waals surface area contributed by atoms with Crippen molar-refractivity contribution < 1.29 is 0 Å². The Bertz CT molecular complexity index is 848. The van der Waals surface area contributed by atoms with Crippen molar-refractivity contribution in [2.45, 2.75) is 37.9 Å². The van der Waals surface area contributed by atoms with Crippen LogP contribution in [0.2, 0.25) is 0 Å². The fraction of sp³-hybridized carbons (Fsp3) is 0.391. The number of rotatable bonds is 6. The number of fused-ring (bicyclic) bond motifs is 3. The van der Waals surface area contributed by atoms with Gasteiger partial charge >= 0.3 is 0 Å². The van der Waals surface area contributed by atoms with Crippen molar-refractivity contribution in [3.05, 3.63) is 70.4 Å². The number of hydrogen-bond acceptors (Lipinski definition) is 4.